The fraction of sp³-hybridized carbons (Fsp3) is 0.316. The highest BCUT2D eigenvalue weighted by Crippen LogP contribution is 2.36. The lowest BCUT2D eigenvalue weighted by Crippen LogP contribution is -2.33. The number of nitrogens with zero attached hydrogens (tertiary/aromatic N) is 1. The Morgan fingerprint density at radius 2 is 1.89 bits per heavy atom. The number of carbonyl (C=O) groups is 1. The number of halogens is 5. The molecule has 1 heterocycles. The molecule has 2 aromatic carbocycles. The van der Waals surface area contributed by atoms with Crippen LogP contribution in [0.2, 0.25) is 0 Å². The van der Waals surface area contributed by atoms with Gasteiger partial charge in [0.05, 0.1) is 0 Å². The van der Waals surface area contributed by atoms with Crippen molar-refractivity contribution >= 4 is 17.7 Å². The minimum absolute atomic E-state index is 0.0714. The number of thioether (sulfide) groups is 1. The maximum Gasteiger partial charge on any atom is 0.573 e. The van der Waals surface area contributed by atoms with Crippen LogP contribution in [-0.2, 0) is 0 Å². The van der Waals surface area contributed by atoms with Crippen LogP contribution in [0.4, 0.5) is 22.0 Å². The molecule has 1 unspecified atom stereocenters. The molecule has 0 spiro atoms. The average molecular weight is 417 g/mol. The highest BCUT2D eigenvalue weighted by Gasteiger charge is 2.31. The Bertz CT molecular complexity index is 858. The summed E-state index contributed by atoms with van der Waals surface area (Å²) in [6, 6.07) is 8.15. The van der Waals surface area contributed by atoms with Gasteiger partial charge in [0.25, 0.3) is 5.91 Å². The first-order valence-electron chi connectivity index (χ1n) is 8.44. The molecule has 9 heteroatoms. The molecular weight excluding hydrogens is 401 g/mol. The number of hydrogen-bond acceptors (Lipinski definition) is 3. The van der Waals surface area contributed by atoms with E-state index in [0.29, 0.717) is 18.7 Å². The minimum Gasteiger partial charge on any atom is -0.406 e. The highest BCUT2D eigenvalue weighted by atomic mass is 32.2. The zero-order valence-corrected chi connectivity index (χ0v) is 15.3. The summed E-state index contributed by atoms with van der Waals surface area (Å²) in [6.07, 6.45) is -4.45. The molecule has 1 aliphatic heterocycles. The lowest BCUT2D eigenvalue weighted by Gasteiger charge is -2.21. The molecule has 0 aliphatic carbocycles. The molecule has 1 amide bonds. The van der Waals surface area contributed by atoms with Gasteiger partial charge in [0, 0.05) is 35.2 Å². The van der Waals surface area contributed by atoms with E-state index in [2.05, 4.69) is 4.74 Å². The van der Waals surface area contributed by atoms with Gasteiger partial charge in [-0.05, 0) is 42.8 Å². The maximum atomic E-state index is 14.0. The molecule has 1 fully saturated rings. The van der Waals surface area contributed by atoms with Crippen LogP contribution in [0, 0.1) is 11.6 Å². The molecule has 0 aromatic heterocycles. The third-order valence-electron chi connectivity index (χ3n) is 4.25. The number of carbonyl (C=O) groups excluding carboxylic acids is 1. The molecule has 0 N–H and O–H groups in total. The zero-order chi connectivity index (χ0) is 20.3. The lowest BCUT2D eigenvalue weighted by atomic mass is 10.1. The average Bonchev–Trinajstić information content (AvgIpc) is 2.88. The second kappa shape index (κ2) is 8.38. The Morgan fingerprint density at radius 3 is 2.64 bits per heavy atom. The van der Waals surface area contributed by atoms with Gasteiger partial charge in [0.2, 0.25) is 0 Å². The molecule has 1 saturated heterocycles. The van der Waals surface area contributed by atoms with Crippen LogP contribution >= 0.6 is 11.8 Å². The fourth-order valence-corrected chi connectivity index (χ4v) is 4.23. The predicted molar refractivity (Wildman–Crippen MR) is 95.2 cm³/mol. The van der Waals surface area contributed by atoms with Crippen LogP contribution in [0.3, 0.4) is 0 Å². The van der Waals surface area contributed by atoms with Crippen molar-refractivity contribution in [3.05, 3.63) is 65.2 Å². The van der Waals surface area contributed by atoms with E-state index < -0.39 is 29.7 Å². The summed E-state index contributed by atoms with van der Waals surface area (Å²) in [5.41, 5.74) is 0.321. The van der Waals surface area contributed by atoms with Gasteiger partial charge >= 0.3 is 6.36 Å². The minimum atomic E-state index is -4.84. The second-order valence-corrected chi connectivity index (χ2v) is 7.49. The van der Waals surface area contributed by atoms with Gasteiger partial charge in [-0.2, -0.15) is 11.8 Å². The first kappa shape index (κ1) is 20.4. The van der Waals surface area contributed by atoms with Crippen molar-refractivity contribution in [2.24, 2.45) is 0 Å². The normalized spacial score (nSPS) is 17.9. The van der Waals surface area contributed by atoms with Gasteiger partial charge in [0.15, 0.2) is 0 Å². The Balaban J connectivity index is 1.71. The lowest BCUT2D eigenvalue weighted by molar-refractivity contribution is -0.274. The molecule has 0 radical (unpaired) electrons. The van der Waals surface area contributed by atoms with E-state index in [4.69, 9.17) is 0 Å². The van der Waals surface area contributed by atoms with Crippen molar-refractivity contribution in [1.82, 2.24) is 4.90 Å². The molecule has 0 saturated carbocycles. The summed E-state index contributed by atoms with van der Waals surface area (Å²) in [7, 11) is 0. The van der Waals surface area contributed by atoms with Crippen LogP contribution in [0.5, 0.6) is 5.75 Å². The Morgan fingerprint density at radius 1 is 1.11 bits per heavy atom. The van der Waals surface area contributed by atoms with Crippen LogP contribution in [0.25, 0.3) is 0 Å². The summed E-state index contributed by atoms with van der Waals surface area (Å²) in [6.45, 7) is 0.623. The smallest absolute Gasteiger partial charge is 0.406 e. The first-order valence-corrected chi connectivity index (χ1v) is 9.49. The van der Waals surface area contributed by atoms with E-state index in [0.717, 1.165) is 30.3 Å². The fourth-order valence-electron chi connectivity index (χ4n) is 2.99. The Hall–Kier alpha value is -2.29. The number of alkyl halides is 3. The standard InChI is InChI=1S/C19H16F5NO2S/c20-13-4-5-16(21)15(11-13)17-6-7-25(8-9-28-17)18(26)12-2-1-3-14(10-12)27-19(22,23)24/h1-5,10-11,17H,6-9H2. The van der Waals surface area contributed by atoms with Gasteiger partial charge in [-0.25, -0.2) is 8.78 Å². The number of benzene rings is 2. The van der Waals surface area contributed by atoms with Crippen molar-refractivity contribution in [2.45, 2.75) is 18.0 Å². The molecule has 1 aliphatic rings. The molecule has 0 bridgehead atoms. The van der Waals surface area contributed by atoms with Crippen molar-refractivity contribution < 1.29 is 31.5 Å². The van der Waals surface area contributed by atoms with E-state index in [9.17, 15) is 26.7 Å². The van der Waals surface area contributed by atoms with Crippen molar-refractivity contribution in [1.29, 1.82) is 0 Å². The Kier molecular flexibility index (Phi) is 6.12. The first-order chi connectivity index (χ1) is 13.2. The summed E-state index contributed by atoms with van der Waals surface area (Å²) >= 11 is 1.41. The van der Waals surface area contributed by atoms with Gasteiger partial charge in [0.1, 0.15) is 17.4 Å². The van der Waals surface area contributed by atoms with Gasteiger partial charge < -0.3 is 9.64 Å². The van der Waals surface area contributed by atoms with Gasteiger partial charge in [-0.15, -0.1) is 13.2 Å². The van der Waals surface area contributed by atoms with E-state index >= 15 is 0 Å². The Labute approximate surface area is 162 Å². The summed E-state index contributed by atoms with van der Waals surface area (Å²) < 4.78 is 68.4. The van der Waals surface area contributed by atoms with E-state index in [-0.39, 0.29) is 22.9 Å². The van der Waals surface area contributed by atoms with E-state index in [1.165, 1.54) is 28.8 Å². The maximum absolute atomic E-state index is 14.0. The van der Waals surface area contributed by atoms with Crippen molar-refractivity contribution in [2.75, 3.05) is 18.8 Å². The molecule has 1 atom stereocenters. The monoisotopic (exact) mass is 417 g/mol. The van der Waals surface area contributed by atoms with Crippen LogP contribution in [0.15, 0.2) is 42.5 Å². The van der Waals surface area contributed by atoms with Crippen LogP contribution < -0.4 is 4.74 Å². The third kappa shape index (κ3) is 5.15. The number of rotatable bonds is 3. The summed E-state index contributed by atoms with van der Waals surface area (Å²) in [4.78, 5) is 14.2. The predicted octanol–water partition coefficient (Wildman–Crippen LogP) is 5.18. The van der Waals surface area contributed by atoms with Crippen molar-refractivity contribution in [3.63, 3.8) is 0 Å². The highest BCUT2D eigenvalue weighted by molar-refractivity contribution is 7.99. The van der Waals surface area contributed by atoms with Crippen LogP contribution in [0.1, 0.15) is 27.6 Å². The van der Waals surface area contributed by atoms with Gasteiger partial charge in [-0.1, -0.05) is 6.07 Å². The quantitative estimate of drug-likeness (QED) is 0.645. The molecule has 150 valence electrons. The number of hydrogen-bond donors (Lipinski definition) is 0. The molecular formula is C19H16F5NO2S. The number of amides is 1. The zero-order valence-electron chi connectivity index (χ0n) is 14.5. The third-order valence-corrected chi connectivity index (χ3v) is 5.56. The topological polar surface area (TPSA) is 29.5 Å². The van der Waals surface area contributed by atoms with Gasteiger partial charge in [-0.3, -0.25) is 4.79 Å². The molecule has 2 aromatic rings. The largest absolute Gasteiger partial charge is 0.573 e. The van der Waals surface area contributed by atoms with Crippen molar-refractivity contribution in [3.8, 4) is 5.75 Å². The SMILES string of the molecule is O=C(c1cccc(OC(F)(F)F)c1)N1CCSC(c2cc(F)ccc2F)CC1. The molecule has 28 heavy (non-hydrogen) atoms. The second-order valence-electron chi connectivity index (χ2n) is 6.18. The summed E-state index contributed by atoms with van der Waals surface area (Å²) in [5.74, 6) is -1.45. The van der Waals surface area contributed by atoms with E-state index in [1.54, 1.807) is 0 Å². The number of ether oxygens (including phenoxy) is 1. The van der Waals surface area contributed by atoms with Crippen LogP contribution in [-0.4, -0.2) is 36.0 Å². The molecule has 3 rings (SSSR count). The summed E-state index contributed by atoms with van der Waals surface area (Å²) in [5, 5.41) is -0.312. The molecule has 3 nitrogen and oxygen atoms in total. The van der Waals surface area contributed by atoms with E-state index in [1.807, 2.05) is 0 Å².